The van der Waals surface area contributed by atoms with Crippen molar-refractivity contribution in [3.63, 3.8) is 0 Å². The predicted octanol–water partition coefficient (Wildman–Crippen LogP) is 3.07. The number of rotatable bonds is 6. The predicted molar refractivity (Wildman–Crippen MR) is 108 cm³/mol. The molecule has 0 radical (unpaired) electrons. The Morgan fingerprint density at radius 3 is 2.66 bits per heavy atom. The maximum Gasteiger partial charge on any atom is 0.243 e. The van der Waals surface area contributed by atoms with Gasteiger partial charge in [0, 0.05) is 25.1 Å². The van der Waals surface area contributed by atoms with Crippen LogP contribution in [0.4, 0.5) is 0 Å². The van der Waals surface area contributed by atoms with E-state index >= 15 is 0 Å². The zero-order valence-corrected chi connectivity index (χ0v) is 17.4. The third-order valence-corrected chi connectivity index (χ3v) is 7.16. The highest BCUT2D eigenvalue weighted by Crippen LogP contribution is 2.32. The Balaban J connectivity index is 1.44. The molecule has 4 rings (SSSR count). The van der Waals surface area contributed by atoms with Gasteiger partial charge in [-0.3, -0.25) is 0 Å². The molecule has 152 valence electrons. The fourth-order valence-electron chi connectivity index (χ4n) is 3.54. The second kappa shape index (κ2) is 7.61. The molecule has 0 unspecified atom stereocenters. The summed E-state index contributed by atoms with van der Waals surface area (Å²) in [5.74, 6) is 1.71. The van der Waals surface area contributed by atoms with Crippen molar-refractivity contribution in [3.8, 4) is 5.75 Å². The van der Waals surface area contributed by atoms with Crippen molar-refractivity contribution in [2.75, 3.05) is 20.2 Å². The summed E-state index contributed by atoms with van der Waals surface area (Å²) in [6.45, 7) is 4.44. The third-order valence-electron chi connectivity index (χ3n) is 5.17. The molecule has 0 N–H and O–H groups in total. The molecule has 0 bridgehead atoms. The summed E-state index contributed by atoms with van der Waals surface area (Å²) < 4.78 is 38.0. The Bertz CT molecular complexity index is 1130. The summed E-state index contributed by atoms with van der Waals surface area (Å²) in [6.07, 6.45) is 0.491. The lowest BCUT2D eigenvalue weighted by atomic mass is 10.0. The van der Waals surface area contributed by atoms with Crippen molar-refractivity contribution in [3.05, 3.63) is 70.9 Å². The van der Waals surface area contributed by atoms with E-state index in [-0.39, 0.29) is 5.92 Å². The molecule has 1 aliphatic heterocycles. The number of aromatic nitrogens is 2. The van der Waals surface area contributed by atoms with E-state index < -0.39 is 10.0 Å². The molecule has 1 aromatic heterocycles. The first kappa shape index (κ1) is 19.6. The van der Waals surface area contributed by atoms with Crippen LogP contribution in [0, 0.1) is 13.8 Å². The average molecular weight is 413 g/mol. The van der Waals surface area contributed by atoms with Gasteiger partial charge in [-0.1, -0.05) is 41.1 Å². The van der Waals surface area contributed by atoms with Gasteiger partial charge < -0.3 is 9.26 Å². The van der Waals surface area contributed by atoms with Crippen LogP contribution in [0.15, 0.2) is 51.9 Å². The second-order valence-electron chi connectivity index (χ2n) is 7.33. The van der Waals surface area contributed by atoms with Gasteiger partial charge in [-0.05, 0) is 31.5 Å². The van der Waals surface area contributed by atoms with Gasteiger partial charge in [0.05, 0.1) is 17.9 Å². The van der Waals surface area contributed by atoms with E-state index in [0.29, 0.717) is 36.1 Å². The van der Waals surface area contributed by atoms with Crippen molar-refractivity contribution in [2.24, 2.45) is 0 Å². The standard InChI is InChI=1S/C21H23N3O4S/c1-14-8-9-19(15(2)10-14)29(25,26)24-12-17(13-24)21-22-20(23-28-21)11-16-6-4-5-7-18(16)27-3/h4-10,17H,11-13H2,1-3H3. The molecule has 1 fully saturated rings. The van der Waals surface area contributed by atoms with E-state index in [1.165, 1.54) is 4.31 Å². The fraction of sp³-hybridized carbons (Fsp3) is 0.333. The Morgan fingerprint density at radius 1 is 1.17 bits per heavy atom. The van der Waals surface area contributed by atoms with Crippen LogP contribution in [0.1, 0.15) is 34.3 Å². The minimum absolute atomic E-state index is 0.0885. The smallest absolute Gasteiger partial charge is 0.243 e. The Morgan fingerprint density at radius 2 is 1.93 bits per heavy atom. The number of methoxy groups -OCH3 is 1. The highest BCUT2D eigenvalue weighted by atomic mass is 32.2. The van der Waals surface area contributed by atoms with Crippen molar-refractivity contribution in [1.82, 2.24) is 14.4 Å². The van der Waals surface area contributed by atoms with Gasteiger partial charge in [0.25, 0.3) is 0 Å². The molecule has 2 heterocycles. The third kappa shape index (κ3) is 3.77. The van der Waals surface area contributed by atoms with Gasteiger partial charge in [-0.25, -0.2) is 8.42 Å². The zero-order chi connectivity index (χ0) is 20.6. The lowest BCUT2D eigenvalue weighted by Crippen LogP contribution is -2.48. The quantitative estimate of drug-likeness (QED) is 0.617. The number of para-hydroxylation sites is 1. The maximum absolute atomic E-state index is 12.9. The van der Waals surface area contributed by atoms with Gasteiger partial charge in [0.15, 0.2) is 5.82 Å². The van der Waals surface area contributed by atoms with E-state index in [9.17, 15) is 8.42 Å². The number of benzene rings is 2. The van der Waals surface area contributed by atoms with Crippen LogP contribution in [0.3, 0.4) is 0 Å². The Kier molecular flexibility index (Phi) is 5.14. The van der Waals surface area contributed by atoms with Gasteiger partial charge in [-0.2, -0.15) is 9.29 Å². The van der Waals surface area contributed by atoms with Crippen LogP contribution in [0.2, 0.25) is 0 Å². The van der Waals surface area contributed by atoms with Crippen LogP contribution < -0.4 is 4.74 Å². The maximum atomic E-state index is 12.9. The second-order valence-corrected chi connectivity index (χ2v) is 9.23. The number of sulfonamides is 1. The number of ether oxygens (including phenoxy) is 1. The van der Waals surface area contributed by atoms with Crippen molar-refractivity contribution in [1.29, 1.82) is 0 Å². The minimum Gasteiger partial charge on any atom is -0.496 e. The molecule has 0 amide bonds. The monoisotopic (exact) mass is 413 g/mol. The average Bonchev–Trinajstić information content (AvgIpc) is 3.08. The number of nitrogens with zero attached hydrogens (tertiary/aromatic N) is 3. The van der Waals surface area contributed by atoms with E-state index in [4.69, 9.17) is 9.26 Å². The first-order chi connectivity index (χ1) is 13.9. The first-order valence-electron chi connectivity index (χ1n) is 9.40. The number of hydrogen-bond donors (Lipinski definition) is 0. The lowest BCUT2D eigenvalue weighted by molar-refractivity contribution is 0.216. The highest BCUT2D eigenvalue weighted by molar-refractivity contribution is 7.89. The molecule has 0 saturated carbocycles. The van der Waals surface area contributed by atoms with Gasteiger partial charge >= 0.3 is 0 Å². The SMILES string of the molecule is COc1ccccc1Cc1noc(C2CN(S(=O)(=O)c3ccc(C)cc3C)C2)n1. The summed E-state index contributed by atoms with van der Waals surface area (Å²) in [4.78, 5) is 4.82. The summed E-state index contributed by atoms with van der Waals surface area (Å²) in [5, 5.41) is 4.05. The fourth-order valence-corrected chi connectivity index (χ4v) is 5.28. The summed E-state index contributed by atoms with van der Waals surface area (Å²) >= 11 is 0. The van der Waals surface area contributed by atoms with E-state index in [0.717, 1.165) is 22.4 Å². The molecule has 0 aliphatic carbocycles. The molecular formula is C21H23N3O4S. The van der Waals surface area contributed by atoms with Crippen LogP contribution >= 0.6 is 0 Å². The summed E-state index contributed by atoms with van der Waals surface area (Å²) in [5.41, 5.74) is 2.76. The molecular weight excluding hydrogens is 390 g/mol. The minimum atomic E-state index is -3.51. The van der Waals surface area contributed by atoms with E-state index in [1.54, 1.807) is 13.2 Å². The Hall–Kier alpha value is -2.71. The van der Waals surface area contributed by atoms with Gasteiger partial charge in [0.2, 0.25) is 15.9 Å². The summed E-state index contributed by atoms with van der Waals surface area (Å²) in [6, 6.07) is 13.1. The largest absolute Gasteiger partial charge is 0.496 e. The number of aryl methyl sites for hydroxylation is 2. The van der Waals surface area contributed by atoms with Crippen molar-refractivity contribution in [2.45, 2.75) is 31.1 Å². The molecule has 8 heteroatoms. The van der Waals surface area contributed by atoms with Crippen molar-refractivity contribution < 1.29 is 17.7 Å². The molecule has 0 spiro atoms. The molecule has 3 aromatic rings. The molecule has 1 aliphatic rings. The molecule has 2 aromatic carbocycles. The van der Waals surface area contributed by atoms with Crippen LogP contribution in [0.5, 0.6) is 5.75 Å². The van der Waals surface area contributed by atoms with Gasteiger partial charge in [-0.15, -0.1) is 0 Å². The molecule has 29 heavy (non-hydrogen) atoms. The molecule has 1 saturated heterocycles. The zero-order valence-electron chi connectivity index (χ0n) is 16.6. The Labute approximate surface area is 170 Å². The highest BCUT2D eigenvalue weighted by Gasteiger charge is 2.40. The van der Waals surface area contributed by atoms with Crippen LogP contribution in [0.25, 0.3) is 0 Å². The van der Waals surface area contributed by atoms with Gasteiger partial charge in [0.1, 0.15) is 5.75 Å². The first-order valence-corrected chi connectivity index (χ1v) is 10.8. The summed E-state index contributed by atoms with van der Waals surface area (Å²) in [7, 11) is -1.89. The topological polar surface area (TPSA) is 85.5 Å². The lowest BCUT2D eigenvalue weighted by Gasteiger charge is -2.36. The van der Waals surface area contributed by atoms with Crippen LogP contribution in [-0.2, 0) is 16.4 Å². The van der Waals surface area contributed by atoms with E-state index in [2.05, 4.69) is 10.1 Å². The van der Waals surface area contributed by atoms with Crippen molar-refractivity contribution >= 4 is 10.0 Å². The molecule has 0 atom stereocenters. The molecule has 7 nitrogen and oxygen atoms in total. The number of hydrogen-bond acceptors (Lipinski definition) is 6. The van der Waals surface area contributed by atoms with E-state index in [1.807, 2.05) is 50.2 Å². The van der Waals surface area contributed by atoms with Crippen LogP contribution in [-0.4, -0.2) is 43.1 Å². The normalized spacial score (nSPS) is 15.3.